The van der Waals surface area contributed by atoms with E-state index >= 15 is 0 Å². The molecule has 14 heavy (non-hydrogen) atoms. The summed E-state index contributed by atoms with van der Waals surface area (Å²) >= 11 is 0. The summed E-state index contributed by atoms with van der Waals surface area (Å²) in [5.74, 6) is 0. The van der Waals surface area contributed by atoms with Crippen molar-refractivity contribution in [1.82, 2.24) is 0 Å². The molecule has 78 valence electrons. The predicted octanol–water partition coefficient (Wildman–Crippen LogP) is 2.42. The Morgan fingerprint density at radius 2 is 1.64 bits per heavy atom. The van der Waals surface area contributed by atoms with E-state index in [1.165, 1.54) is 12.1 Å². The van der Waals surface area contributed by atoms with Gasteiger partial charge in [0.05, 0.1) is 5.41 Å². The third kappa shape index (κ3) is 1.84. The van der Waals surface area contributed by atoms with Gasteiger partial charge in [0.2, 0.25) is 0 Å². The molecule has 1 nitrogen and oxygen atoms in total. The zero-order valence-corrected chi connectivity index (χ0v) is 7.64. The standard InChI is InChI=1S/C10H12F3N/c11-5-10(6-12,7-13)8-2-1-3-9(14)4-8/h1-4H,5-7,14H2. The minimum Gasteiger partial charge on any atom is -0.399 e. The summed E-state index contributed by atoms with van der Waals surface area (Å²) in [4.78, 5) is 0. The molecule has 0 radical (unpaired) electrons. The second kappa shape index (κ2) is 4.35. The maximum Gasteiger partial charge on any atom is 0.104 e. The van der Waals surface area contributed by atoms with Crippen molar-refractivity contribution in [2.75, 3.05) is 25.8 Å². The normalized spacial score (nSPS) is 11.6. The fourth-order valence-corrected chi connectivity index (χ4v) is 1.21. The summed E-state index contributed by atoms with van der Waals surface area (Å²) in [6.07, 6.45) is 0. The molecule has 4 heteroatoms. The van der Waals surface area contributed by atoms with Crippen LogP contribution in [-0.2, 0) is 5.41 Å². The first-order valence-electron chi connectivity index (χ1n) is 4.22. The molecule has 0 spiro atoms. The van der Waals surface area contributed by atoms with Crippen molar-refractivity contribution < 1.29 is 13.2 Å². The van der Waals surface area contributed by atoms with Gasteiger partial charge < -0.3 is 5.73 Å². The van der Waals surface area contributed by atoms with E-state index in [2.05, 4.69) is 0 Å². The number of nitrogen functional groups attached to an aromatic ring is 1. The summed E-state index contributed by atoms with van der Waals surface area (Å²) < 4.78 is 37.8. The molecule has 0 aliphatic rings. The number of hydrogen-bond donors (Lipinski definition) is 1. The van der Waals surface area contributed by atoms with Crippen LogP contribution in [-0.4, -0.2) is 20.0 Å². The van der Waals surface area contributed by atoms with E-state index < -0.39 is 25.4 Å². The molecule has 0 unspecified atom stereocenters. The minimum absolute atomic E-state index is 0.269. The second-order valence-electron chi connectivity index (χ2n) is 3.31. The van der Waals surface area contributed by atoms with Gasteiger partial charge in [0.25, 0.3) is 0 Å². The molecular formula is C10H12F3N. The fourth-order valence-electron chi connectivity index (χ4n) is 1.21. The summed E-state index contributed by atoms with van der Waals surface area (Å²) in [6.45, 7) is -3.20. The Bertz CT molecular complexity index is 289. The topological polar surface area (TPSA) is 26.0 Å². The van der Waals surface area contributed by atoms with Crippen LogP contribution in [0.5, 0.6) is 0 Å². The molecule has 0 saturated carbocycles. The van der Waals surface area contributed by atoms with E-state index in [-0.39, 0.29) is 5.56 Å². The predicted molar refractivity (Wildman–Crippen MR) is 50.5 cm³/mol. The maximum absolute atomic E-state index is 12.6. The van der Waals surface area contributed by atoms with Gasteiger partial charge >= 0.3 is 0 Å². The maximum atomic E-state index is 12.6. The SMILES string of the molecule is Nc1cccc(C(CF)(CF)CF)c1. The minimum atomic E-state index is -1.67. The zero-order chi connectivity index (χ0) is 10.6. The largest absolute Gasteiger partial charge is 0.399 e. The van der Waals surface area contributed by atoms with Gasteiger partial charge in [0, 0.05) is 5.69 Å². The summed E-state index contributed by atoms with van der Waals surface area (Å²) in [7, 11) is 0. The molecule has 0 fully saturated rings. The van der Waals surface area contributed by atoms with E-state index in [1.54, 1.807) is 12.1 Å². The van der Waals surface area contributed by atoms with Gasteiger partial charge in [-0.3, -0.25) is 0 Å². The van der Waals surface area contributed by atoms with Crippen LogP contribution < -0.4 is 5.73 Å². The van der Waals surface area contributed by atoms with Crippen molar-refractivity contribution in [3.05, 3.63) is 29.8 Å². The average molecular weight is 203 g/mol. The number of rotatable bonds is 4. The van der Waals surface area contributed by atoms with Crippen molar-refractivity contribution in [3.8, 4) is 0 Å². The van der Waals surface area contributed by atoms with Gasteiger partial charge in [-0.05, 0) is 17.7 Å². The molecule has 0 aromatic heterocycles. The number of hydrogen-bond acceptors (Lipinski definition) is 1. The molecule has 1 rings (SSSR count). The smallest absolute Gasteiger partial charge is 0.104 e. The van der Waals surface area contributed by atoms with Crippen LogP contribution >= 0.6 is 0 Å². The molecule has 0 heterocycles. The van der Waals surface area contributed by atoms with E-state index in [0.29, 0.717) is 5.69 Å². The lowest BCUT2D eigenvalue weighted by atomic mass is 9.84. The molecule has 1 aromatic carbocycles. The quantitative estimate of drug-likeness (QED) is 0.747. The lowest BCUT2D eigenvalue weighted by molar-refractivity contribution is 0.191. The number of anilines is 1. The van der Waals surface area contributed by atoms with Crippen LogP contribution in [0.3, 0.4) is 0 Å². The van der Waals surface area contributed by atoms with Crippen LogP contribution in [0.15, 0.2) is 24.3 Å². The lowest BCUT2D eigenvalue weighted by Crippen LogP contribution is -2.33. The van der Waals surface area contributed by atoms with E-state index in [4.69, 9.17) is 5.73 Å². The molecule has 0 atom stereocenters. The lowest BCUT2D eigenvalue weighted by Gasteiger charge is -2.24. The Hall–Kier alpha value is -1.19. The summed E-state index contributed by atoms with van der Waals surface area (Å²) in [5, 5.41) is 0. The summed E-state index contributed by atoms with van der Waals surface area (Å²) in [5.41, 5.74) is 4.43. The van der Waals surface area contributed by atoms with Crippen molar-refractivity contribution in [3.63, 3.8) is 0 Å². The molecule has 0 aliphatic carbocycles. The zero-order valence-electron chi connectivity index (χ0n) is 7.64. The molecule has 2 N–H and O–H groups in total. The van der Waals surface area contributed by atoms with Gasteiger partial charge in [-0.2, -0.15) is 0 Å². The second-order valence-corrected chi connectivity index (χ2v) is 3.31. The Labute approximate surface area is 80.7 Å². The van der Waals surface area contributed by atoms with Crippen LogP contribution in [0.4, 0.5) is 18.9 Å². The number of benzene rings is 1. The molecule has 0 amide bonds. The highest BCUT2D eigenvalue weighted by Gasteiger charge is 2.33. The van der Waals surface area contributed by atoms with E-state index in [1.807, 2.05) is 0 Å². The van der Waals surface area contributed by atoms with Crippen molar-refractivity contribution in [1.29, 1.82) is 0 Å². The Morgan fingerprint density at radius 3 is 2.07 bits per heavy atom. The molecule has 0 bridgehead atoms. The van der Waals surface area contributed by atoms with Crippen LogP contribution in [0.1, 0.15) is 5.56 Å². The highest BCUT2D eigenvalue weighted by molar-refractivity contribution is 5.43. The van der Waals surface area contributed by atoms with Gasteiger partial charge in [-0.25, -0.2) is 13.2 Å². The summed E-state index contributed by atoms with van der Waals surface area (Å²) in [6, 6.07) is 6.02. The monoisotopic (exact) mass is 203 g/mol. The van der Waals surface area contributed by atoms with Crippen molar-refractivity contribution in [2.24, 2.45) is 0 Å². The van der Waals surface area contributed by atoms with E-state index in [9.17, 15) is 13.2 Å². The van der Waals surface area contributed by atoms with Gasteiger partial charge in [-0.15, -0.1) is 0 Å². The van der Waals surface area contributed by atoms with Gasteiger partial charge in [-0.1, -0.05) is 12.1 Å². The molecule has 0 aliphatic heterocycles. The third-order valence-corrected chi connectivity index (χ3v) is 2.27. The first-order valence-corrected chi connectivity index (χ1v) is 4.22. The Morgan fingerprint density at radius 1 is 1.07 bits per heavy atom. The van der Waals surface area contributed by atoms with Crippen LogP contribution in [0.2, 0.25) is 0 Å². The number of alkyl halides is 3. The molecule has 0 saturated heterocycles. The van der Waals surface area contributed by atoms with Crippen molar-refractivity contribution in [2.45, 2.75) is 5.41 Å². The molecular weight excluding hydrogens is 191 g/mol. The highest BCUT2D eigenvalue weighted by atomic mass is 19.1. The van der Waals surface area contributed by atoms with Crippen LogP contribution in [0, 0.1) is 0 Å². The molecule has 1 aromatic rings. The highest BCUT2D eigenvalue weighted by Crippen LogP contribution is 2.27. The van der Waals surface area contributed by atoms with E-state index in [0.717, 1.165) is 0 Å². The van der Waals surface area contributed by atoms with Gasteiger partial charge in [0.15, 0.2) is 0 Å². The number of halogens is 3. The Balaban J connectivity index is 3.10. The average Bonchev–Trinajstić information content (AvgIpc) is 2.22. The third-order valence-electron chi connectivity index (χ3n) is 2.27. The number of nitrogens with two attached hydrogens (primary N) is 1. The first-order chi connectivity index (χ1) is 6.68. The Kier molecular flexibility index (Phi) is 3.38. The van der Waals surface area contributed by atoms with Crippen LogP contribution in [0.25, 0.3) is 0 Å². The first kappa shape index (κ1) is 10.9. The van der Waals surface area contributed by atoms with Gasteiger partial charge in [0.1, 0.15) is 20.0 Å². The fraction of sp³-hybridized carbons (Fsp3) is 0.400. The van der Waals surface area contributed by atoms with Crippen molar-refractivity contribution >= 4 is 5.69 Å².